The maximum Gasteiger partial charge on any atom is 0.248 e. The lowest BCUT2D eigenvalue weighted by Crippen LogP contribution is -2.07. The molecule has 3 aromatic carbocycles. The molecule has 0 saturated heterocycles. The highest BCUT2D eigenvalue weighted by Gasteiger charge is 2.10. The first-order valence-electron chi connectivity index (χ1n) is 10.8. The summed E-state index contributed by atoms with van der Waals surface area (Å²) in [6.07, 6.45) is 5.39. The molecule has 2 heterocycles. The third-order valence-corrected chi connectivity index (χ3v) is 5.41. The third kappa shape index (κ3) is 4.63. The Labute approximate surface area is 195 Å². The second kappa shape index (κ2) is 9.15. The second-order valence-corrected chi connectivity index (χ2v) is 7.85. The first-order valence-corrected chi connectivity index (χ1v) is 10.8. The number of carbonyl (C=O) groups is 1. The number of nitrogens with one attached hydrogen (secondary N) is 1. The zero-order valence-electron chi connectivity index (χ0n) is 18.4. The van der Waals surface area contributed by atoms with Gasteiger partial charge in [-0.1, -0.05) is 24.3 Å². The lowest BCUT2D eigenvalue weighted by molar-refractivity contribution is -0.111. The molecule has 1 amide bonds. The highest BCUT2D eigenvalue weighted by Crippen LogP contribution is 2.24. The van der Waals surface area contributed by atoms with Crippen LogP contribution in [0.15, 0.2) is 89.5 Å². The summed E-state index contributed by atoms with van der Waals surface area (Å²) in [5, 5.41) is 7.12. The highest BCUT2D eigenvalue weighted by atomic mass is 19.1. The Morgan fingerprint density at radius 1 is 1.06 bits per heavy atom. The number of nitrogens with zero attached hydrogens (tertiary/aromatic N) is 3. The molecule has 0 aliphatic rings. The number of aryl methyl sites for hydroxylation is 1. The molecule has 2 aromatic heterocycles. The predicted molar refractivity (Wildman–Crippen MR) is 130 cm³/mol. The molecular weight excluding hydrogens is 431 g/mol. The number of oxazole rings is 1. The van der Waals surface area contributed by atoms with Gasteiger partial charge in [-0.15, -0.1) is 0 Å². The maximum atomic E-state index is 13.3. The van der Waals surface area contributed by atoms with Gasteiger partial charge in [0.25, 0.3) is 0 Å². The summed E-state index contributed by atoms with van der Waals surface area (Å²) in [7, 11) is 1.80. The Morgan fingerprint density at radius 3 is 2.59 bits per heavy atom. The van der Waals surface area contributed by atoms with E-state index in [1.165, 1.54) is 18.2 Å². The summed E-state index contributed by atoms with van der Waals surface area (Å²) in [6.45, 7) is 0. The first-order chi connectivity index (χ1) is 16.5. The topological polar surface area (TPSA) is 73.0 Å². The number of para-hydroxylation sites is 2. The van der Waals surface area contributed by atoms with Gasteiger partial charge in [0.15, 0.2) is 11.5 Å². The number of rotatable bonds is 6. The van der Waals surface area contributed by atoms with Crippen molar-refractivity contribution < 1.29 is 13.6 Å². The van der Waals surface area contributed by atoms with Gasteiger partial charge in [0.2, 0.25) is 5.91 Å². The fraction of sp³-hybridized carbons (Fsp3) is 0.0741. The monoisotopic (exact) mass is 452 g/mol. The van der Waals surface area contributed by atoms with Gasteiger partial charge in [0.1, 0.15) is 11.3 Å². The van der Waals surface area contributed by atoms with Crippen molar-refractivity contribution in [2.75, 3.05) is 5.32 Å². The average molecular weight is 452 g/mol. The number of hydrogen-bond acceptors (Lipinski definition) is 4. The minimum atomic E-state index is -0.303. The van der Waals surface area contributed by atoms with Gasteiger partial charge >= 0.3 is 0 Å². The van der Waals surface area contributed by atoms with E-state index in [9.17, 15) is 9.18 Å². The van der Waals surface area contributed by atoms with Gasteiger partial charge in [-0.05, 0) is 60.2 Å². The zero-order valence-corrected chi connectivity index (χ0v) is 18.4. The van der Waals surface area contributed by atoms with Gasteiger partial charge in [-0.3, -0.25) is 9.48 Å². The molecule has 0 saturated carbocycles. The number of fused-ring (bicyclic) bond motifs is 1. The van der Waals surface area contributed by atoms with Crippen LogP contribution in [-0.2, 0) is 18.3 Å². The van der Waals surface area contributed by atoms with Crippen LogP contribution in [0.2, 0.25) is 0 Å². The number of halogens is 1. The summed E-state index contributed by atoms with van der Waals surface area (Å²) in [5.74, 6) is 0.0808. The van der Waals surface area contributed by atoms with Gasteiger partial charge in [-0.2, -0.15) is 5.10 Å². The van der Waals surface area contributed by atoms with Crippen LogP contribution in [0, 0.1) is 5.82 Å². The Hall–Kier alpha value is -4.52. The molecule has 0 radical (unpaired) electrons. The van der Waals surface area contributed by atoms with Crippen LogP contribution in [0.4, 0.5) is 10.1 Å². The molecule has 0 fully saturated rings. The van der Waals surface area contributed by atoms with Crippen LogP contribution in [0.3, 0.4) is 0 Å². The van der Waals surface area contributed by atoms with Crippen LogP contribution in [0.25, 0.3) is 28.4 Å². The molecular formula is C27H21FN4O2. The zero-order chi connectivity index (χ0) is 23.5. The molecule has 7 heteroatoms. The standard InChI is InChI=1S/C27H21FN4O2/c1-32-27(19-8-11-21(28)12-9-19)20(17-29-32)10-15-25(33)30-22-13-6-18(7-14-22)16-26-31-23-4-2-3-5-24(23)34-26/h2-15,17H,16H2,1H3,(H,30,33)/b15-10+. The minimum absolute atomic E-state index is 0.263. The summed E-state index contributed by atoms with van der Waals surface area (Å²) < 4.78 is 20.7. The van der Waals surface area contributed by atoms with Crippen LogP contribution in [-0.4, -0.2) is 20.7 Å². The molecule has 1 N–H and O–H groups in total. The highest BCUT2D eigenvalue weighted by molar-refractivity contribution is 6.02. The van der Waals surface area contributed by atoms with Crippen LogP contribution < -0.4 is 5.32 Å². The van der Waals surface area contributed by atoms with Crippen LogP contribution >= 0.6 is 0 Å². The fourth-order valence-corrected chi connectivity index (χ4v) is 3.76. The van der Waals surface area contributed by atoms with Crippen LogP contribution in [0.5, 0.6) is 0 Å². The number of hydrogen-bond donors (Lipinski definition) is 1. The lowest BCUT2D eigenvalue weighted by atomic mass is 10.1. The van der Waals surface area contributed by atoms with Gasteiger partial charge in [-0.25, -0.2) is 9.37 Å². The number of amides is 1. The Balaban J connectivity index is 1.24. The van der Waals surface area contributed by atoms with Gasteiger partial charge < -0.3 is 9.73 Å². The van der Waals surface area contributed by atoms with E-state index in [1.54, 1.807) is 36.1 Å². The fourth-order valence-electron chi connectivity index (χ4n) is 3.76. The molecule has 168 valence electrons. The molecule has 0 atom stereocenters. The van der Waals surface area contributed by atoms with E-state index in [0.717, 1.165) is 33.5 Å². The number of carbonyl (C=O) groups excluding carboxylic acids is 1. The molecule has 0 unspecified atom stereocenters. The predicted octanol–water partition coefficient (Wildman–Crippen LogP) is 5.61. The van der Waals surface area contributed by atoms with Gasteiger partial charge in [0, 0.05) is 36.4 Å². The molecule has 0 spiro atoms. The maximum absolute atomic E-state index is 13.3. The van der Waals surface area contributed by atoms with Crippen molar-refractivity contribution in [3.8, 4) is 11.3 Å². The largest absolute Gasteiger partial charge is 0.440 e. The van der Waals surface area contributed by atoms with E-state index in [-0.39, 0.29) is 11.7 Å². The SMILES string of the molecule is Cn1ncc(/C=C/C(=O)Nc2ccc(Cc3nc4ccccc4o3)cc2)c1-c1ccc(F)cc1. The van der Waals surface area contributed by atoms with Crippen molar-refractivity contribution in [3.63, 3.8) is 0 Å². The Bertz CT molecular complexity index is 1450. The molecule has 6 nitrogen and oxygen atoms in total. The minimum Gasteiger partial charge on any atom is -0.440 e. The van der Waals surface area contributed by atoms with Crippen molar-refractivity contribution in [1.29, 1.82) is 0 Å². The van der Waals surface area contributed by atoms with E-state index in [1.807, 2.05) is 48.5 Å². The Kier molecular flexibility index (Phi) is 5.74. The van der Waals surface area contributed by atoms with Crippen molar-refractivity contribution in [2.45, 2.75) is 6.42 Å². The third-order valence-electron chi connectivity index (χ3n) is 5.41. The van der Waals surface area contributed by atoms with E-state index >= 15 is 0 Å². The number of aromatic nitrogens is 3. The van der Waals surface area contributed by atoms with E-state index in [0.29, 0.717) is 18.0 Å². The average Bonchev–Trinajstić information content (AvgIpc) is 3.42. The van der Waals surface area contributed by atoms with Crippen molar-refractivity contribution in [2.24, 2.45) is 7.05 Å². The first kappa shape index (κ1) is 21.3. The quantitative estimate of drug-likeness (QED) is 0.340. The smallest absolute Gasteiger partial charge is 0.248 e. The van der Waals surface area contributed by atoms with E-state index < -0.39 is 0 Å². The molecule has 5 aromatic rings. The molecule has 0 bridgehead atoms. The van der Waals surface area contributed by atoms with E-state index in [4.69, 9.17) is 4.42 Å². The molecule has 0 aliphatic heterocycles. The lowest BCUT2D eigenvalue weighted by Gasteiger charge is -2.05. The summed E-state index contributed by atoms with van der Waals surface area (Å²) in [6, 6.07) is 21.4. The van der Waals surface area contributed by atoms with Crippen molar-refractivity contribution in [1.82, 2.24) is 14.8 Å². The van der Waals surface area contributed by atoms with Crippen molar-refractivity contribution >= 4 is 28.8 Å². The normalized spacial score (nSPS) is 11.4. The number of anilines is 1. The summed E-state index contributed by atoms with van der Waals surface area (Å²) in [4.78, 5) is 17.0. The molecule has 34 heavy (non-hydrogen) atoms. The molecule has 0 aliphatic carbocycles. The second-order valence-electron chi connectivity index (χ2n) is 7.85. The summed E-state index contributed by atoms with van der Waals surface area (Å²) >= 11 is 0. The number of benzene rings is 3. The van der Waals surface area contributed by atoms with E-state index in [2.05, 4.69) is 15.4 Å². The Morgan fingerprint density at radius 2 is 1.82 bits per heavy atom. The van der Waals surface area contributed by atoms with Gasteiger partial charge in [0.05, 0.1) is 11.9 Å². The van der Waals surface area contributed by atoms with Crippen molar-refractivity contribution in [3.05, 3.63) is 108 Å². The molecule has 5 rings (SSSR count). The summed E-state index contributed by atoms with van der Waals surface area (Å²) in [5.41, 5.74) is 5.69. The van der Waals surface area contributed by atoms with Crippen LogP contribution in [0.1, 0.15) is 17.0 Å².